The third-order valence-corrected chi connectivity index (χ3v) is 0.357. The minimum Gasteiger partial charge on any atom is -2.00 e. The Balaban J connectivity index is -0.0000000417. The maximum Gasteiger partial charge on any atom is 4.00 e. The Kier molecular flexibility index (Phi) is 28.2. The molecule has 1 atom stereocenters. The van der Waals surface area contributed by atoms with Crippen molar-refractivity contribution >= 4 is 5.97 Å². The summed E-state index contributed by atoms with van der Waals surface area (Å²) in [4.78, 5) is 9.45. The molecule has 5 nitrogen and oxygen atoms in total. The first kappa shape index (κ1) is 22.9. The van der Waals surface area contributed by atoms with Crippen molar-refractivity contribution in [3.8, 4) is 0 Å². The van der Waals surface area contributed by atoms with Crippen molar-refractivity contribution in [2.75, 3.05) is 0 Å². The molecule has 1 unspecified atom stereocenters. The van der Waals surface area contributed by atoms with Crippen molar-refractivity contribution in [1.29, 1.82) is 0 Å². The predicted molar refractivity (Wildman–Crippen MR) is 20.7 cm³/mol. The van der Waals surface area contributed by atoms with E-state index in [9.17, 15) is 4.79 Å². The van der Waals surface area contributed by atoms with Gasteiger partial charge in [-0.25, -0.2) is 4.79 Å². The number of aliphatic carboxylic acids is 1. The molecule has 0 aromatic heterocycles. The van der Waals surface area contributed by atoms with Gasteiger partial charge in [-0.2, -0.15) is 0 Å². The van der Waals surface area contributed by atoms with Gasteiger partial charge in [-0.15, -0.1) is 0 Å². The van der Waals surface area contributed by atoms with Gasteiger partial charge < -0.3 is 21.2 Å². The molecule has 52 valence electrons. The van der Waals surface area contributed by atoms with Crippen LogP contribution >= 0.6 is 0 Å². The summed E-state index contributed by atoms with van der Waals surface area (Å²) in [6.07, 6.45) is -1.23. The van der Waals surface area contributed by atoms with E-state index in [4.69, 9.17) is 10.2 Å². The summed E-state index contributed by atoms with van der Waals surface area (Å²) in [5.74, 6) is -1.19. The molecule has 0 fully saturated rings. The normalized spacial score (nSPS) is 9.11. The van der Waals surface area contributed by atoms with E-state index >= 15 is 0 Å². The van der Waals surface area contributed by atoms with E-state index in [1.807, 2.05) is 0 Å². The van der Waals surface area contributed by atoms with Crippen LogP contribution < -0.4 is 0 Å². The van der Waals surface area contributed by atoms with Crippen LogP contribution in [0.1, 0.15) is 6.92 Å². The Bertz CT molecular complexity index is 63.2. The van der Waals surface area contributed by atoms with E-state index in [-0.39, 0.29) is 37.2 Å². The summed E-state index contributed by atoms with van der Waals surface area (Å²) in [6, 6.07) is 0. The van der Waals surface area contributed by atoms with Crippen LogP contribution in [-0.2, 0) is 42.0 Å². The number of hydrogen-bond donors (Lipinski definition) is 2. The first-order valence-corrected chi connectivity index (χ1v) is 1.55. The average molecular weight is 213 g/mol. The van der Waals surface area contributed by atoms with E-state index < -0.39 is 12.1 Å². The quantitative estimate of drug-likeness (QED) is 0.594. The molecule has 0 amide bonds. The van der Waals surface area contributed by atoms with Crippen molar-refractivity contribution in [2.45, 2.75) is 13.0 Å². The minimum atomic E-state index is -1.23. The maximum absolute atomic E-state index is 9.45. The Hall–Kier alpha value is 0.233. The molecular formula is C3H6O5Zr. The predicted octanol–water partition coefficient (Wildman–Crippen LogP) is -0.788. The summed E-state index contributed by atoms with van der Waals surface area (Å²) >= 11 is 0. The fraction of sp³-hybridized carbons (Fsp3) is 0.667. The van der Waals surface area contributed by atoms with Crippen LogP contribution in [0.2, 0.25) is 0 Å². The van der Waals surface area contributed by atoms with Gasteiger partial charge in [-0.05, 0) is 6.92 Å². The topological polar surface area (TPSA) is 115 Å². The van der Waals surface area contributed by atoms with Gasteiger partial charge in [0.05, 0.1) is 0 Å². The van der Waals surface area contributed by atoms with Crippen LogP contribution in [0.15, 0.2) is 0 Å². The number of rotatable bonds is 1. The molecule has 0 aromatic carbocycles. The molecule has 0 bridgehead atoms. The molecule has 0 aromatic rings. The Morgan fingerprint density at radius 2 is 1.56 bits per heavy atom. The largest absolute Gasteiger partial charge is 4.00 e. The first-order valence-electron chi connectivity index (χ1n) is 1.55. The van der Waals surface area contributed by atoms with E-state index in [0.29, 0.717) is 0 Å². The smallest absolute Gasteiger partial charge is 2.00 e. The number of carbonyl (C=O) groups is 1. The van der Waals surface area contributed by atoms with Crippen LogP contribution in [-0.4, -0.2) is 22.3 Å². The maximum atomic E-state index is 9.45. The van der Waals surface area contributed by atoms with E-state index in [2.05, 4.69) is 0 Å². The molecular weight excluding hydrogens is 207 g/mol. The summed E-state index contributed by atoms with van der Waals surface area (Å²) in [7, 11) is 0. The molecule has 0 spiro atoms. The number of carboxylic acid groups (broad SMARTS) is 1. The molecule has 0 radical (unpaired) electrons. The standard InChI is InChI=1S/C3H6O3.2O.Zr/c1-2(4)3(5)6;;;/h2,4H,1H3,(H,5,6);;;/q;2*-2;+4. The SMILES string of the molecule is CC(O)C(=O)O.[O-2].[O-2].[Zr+4]. The zero-order valence-electron chi connectivity index (χ0n) is 4.70. The Morgan fingerprint density at radius 1 is 1.44 bits per heavy atom. The molecule has 0 saturated heterocycles. The van der Waals surface area contributed by atoms with E-state index in [0.717, 1.165) is 0 Å². The minimum absolute atomic E-state index is 0. The number of carboxylic acids is 1. The van der Waals surface area contributed by atoms with Crippen LogP contribution in [0, 0.1) is 0 Å². The zero-order valence-corrected chi connectivity index (χ0v) is 7.15. The number of aliphatic hydroxyl groups excluding tert-OH is 1. The van der Waals surface area contributed by atoms with Crippen molar-refractivity contribution in [2.24, 2.45) is 0 Å². The second-order valence-corrected chi connectivity index (χ2v) is 1.01. The van der Waals surface area contributed by atoms with Crippen LogP contribution in [0.25, 0.3) is 0 Å². The monoisotopic (exact) mass is 212 g/mol. The van der Waals surface area contributed by atoms with Crippen molar-refractivity contribution in [3.63, 3.8) is 0 Å². The summed E-state index contributed by atoms with van der Waals surface area (Å²) in [5, 5.41) is 15.8. The van der Waals surface area contributed by atoms with Gasteiger partial charge in [-0.3, -0.25) is 0 Å². The summed E-state index contributed by atoms with van der Waals surface area (Å²) < 4.78 is 0. The molecule has 0 aliphatic rings. The second-order valence-electron chi connectivity index (χ2n) is 1.01. The fourth-order valence-electron chi connectivity index (χ4n) is 0. The van der Waals surface area contributed by atoms with Crippen LogP contribution in [0.3, 0.4) is 0 Å². The molecule has 6 heteroatoms. The Labute approximate surface area is 71.4 Å². The number of hydrogen-bond acceptors (Lipinski definition) is 2. The van der Waals surface area contributed by atoms with Crippen LogP contribution in [0.4, 0.5) is 0 Å². The third-order valence-electron chi connectivity index (χ3n) is 0.357. The number of aliphatic hydroxyl groups is 1. The van der Waals surface area contributed by atoms with Gasteiger partial charge in [0, 0.05) is 0 Å². The molecule has 0 aliphatic heterocycles. The molecule has 0 aliphatic carbocycles. The van der Waals surface area contributed by atoms with Crippen molar-refractivity contribution in [3.05, 3.63) is 0 Å². The van der Waals surface area contributed by atoms with E-state index in [1.165, 1.54) is 6.92 Å². The second kappa shape index (κ2) is 11.1. The zero-order chi connectivity index (χ0) is 5.15. The third kappa shape index (κ3) is 17.9. The first-order chi connectivity index (χ1) is 2.64. The van der Waals surface area contributed by atoms with Gasteiger partial charge in [0.1, 0.15) is 6.10 Å². The van der Waals surface area contributed by atoms with Gasteiger partial charge in [0.15, 0.2) is 0 Å². The van der Waals surface area contributed by atoms with Gasteiger partial charge in [0.25, 0.3) is 0 Å². The molecule has 0 heterocycles. The molecule has 9 heavy (non-hydrogen) atoms. The van der Waals surface area contributed by atoms with Gasteiger partial charge in [-0.1, -0.05) is 0 Å². The summed E-state index contributed by atoms with van der Waals surface area (Å²) in [6.45, 7) is 1.20. The van der Waals surface area contributed by atoms with E-state index in [1.54, 1.807) is 0 Å². The van der Waals surface area contributed by atoms with Gasteiger partial charge in [0.2, 0.25) is 0 Å². The Morgan fingerprint density at radius 3 is 1.56 bits per heavy atom. The van der Waals surface area contributed by atoms with Crippen molar-refractivity contribution in [1.82, 2.24) is 0 Å². The fourth-order valence-corrected chi connectivity index (χ4v) is 0. The summed E-state index contributed by atoms with van der Waals surface area (Å²) in [5.41, 5.74) is 0. The van der Waals surface area contributed by atoms with Gasteiger partial charge >= 0.3 is 32.2 Å². The molecule has 0 rings (SSSR count). The van der Waals surface area contributed by atoms with Crippen molar-refractivity contribution < 1.29 is 52.2 Å². The molecule has 0 saturated carbocycles. The van der Waals surface area contributed by atoms with Crippen LogP contribution in [0.5, 0.6) is 0 Å². The average Bonchev–Trinajstić information content (AvgIpc) is 1.36. The molecule has 2 N–H and O–H groups in total.